The van der Waals surface area contributed by atoms with Crippen molar-refractivity contribution in [1.29, 1.82) is 0 Å². The van der Waals surface area contributed by atoms with Crippen molar-refractivity contribution in [3.63, 3.8) is 0 Å². The minimum absolute atomic E-state index is 1.00. The van der Waals surface area contributed by atoms with Gasteiger partial charge in [0.25, 0.3) is 0 Å². The maximum atomic E-state index is 3.44. The first-order valence-electron chi connectivity index (χ1n) is 6.04. The van der Waals surface area contributed by atoms with Gasteiger partial charge in [-0.2, -0.15) is 0 Å². The van der Waals surface area contributed by atoms with Gasteiger partial charge >= 0.3 is 0 Å². The summed E-state index contributed by atoms with van der Waals surface area (Å²) in [4.78, 5) is 0. The van der Waals surface area contributed by atoms with Gasteiger partial charge in [-0.3, -0.25) is 0 Å². The van der Waals surface area contributed by atoms with E-state index >= 15 is 0 Å². The highest BCUT2D eigenvalue weighted by Crippen LogP contribution is 1.77. The second-order valence-electron chi connectivity index (χ2n) is 3.98. The van der Waals surface area contributed by atoms with Crippen LogP contribution < -0.4 is 14.5 Å². The van der Waals surface area contributed by atoms with E-state index < -0.39 is 0 Å². The van der Waals surface area contributed by atoms with E-state index in [-0.39, 0.29) is 0 Å². The summed E-state index contributed by atoms with van der Waals surface area (Å²) in [5.41, 5.74) is 0. The largest absolute Gasteiger partial charge is 0.305 e. The molecule has 2 heterocycles. The Balaban J connectivity index is 1.61. The molecule has 0 saturated carbocycles. The fraction of sp³-hybridized carbons (Fsp3) is 0.286. The molecule has 0 radical (unpaired) electrons. The average molecular weight is 229 g/mol. The van der Waals surface area contributed by atoms with Crippen molar-refractivity contribution in [3.8, 4) is 0 Å². The molecule has 0 unspecified atom stereocenters. The van der Waals surface area contributed by atoms with Crippen LogP contribution in [-0.4, -0.2) is 13.1 Å². The van der Waals surface area contributed by atoms with Crippen molar-refractivity contribution < 1.29 is 9.13 Å². The third-order valence-corrected chi connectivity index (χ3v) is 2.65. The summed E-state index contributed by atoms with van der Waals surface area (Å²) >= 11 is 0. The maximum Gasteiger partial charge on any atom is 0.168 e. The number of aromatic nitrogens is 2. The predicted molar refractivity (Wildman–Crippen MR) is 66.1 cm³/mol. The first-order chi connectivity index (χ1) is 8.45. The molecule has 0 aliphatic carbocycles. The van der Waals surface area contributed by atoms with Crippen LogP contribution >= 0.6 is 0 Å². The van der Waals surface area contributed by atoms with Gasteiger partial charge in [0, 0.05) is 24.3 Å². The Morgan fingerprint density at radius 3 is 1.41 bits per heavy atom. The molecule has 0 bridgehead atoms. The summed E-state index contributed by atoms with van der Waals surface area (Å²) in [5.74, 6) is 0. The number of hydrogen-bond acceptors (Lipinski definition) is 1. The number of pyridine rings is 2. The number of hydrogen-bond donors (Lipinski definition) is 1. The van der Waals surface area contributed by atoms with Gasteiger partial charge in [0.1, 0.15) is 0 Å². The Labute approximate surface area is 102 Å². The molecule has 1 N–H and O–H groups in total. The van der Waals surface area contributed by atoms with Crippen LogP contribution in [0.1, 0.15) is 0 Å². The summed E-state index contributed by atoms with van der Waals surface area (Å²) in [5, 5.41) is 3.44. The normalized spacial score (nSPS) is 10.4. The number of nitrogens with zero attached hydrogens (tertiary/aromatic N) is 2. The summed E-state index contributed by atoms with van der Waals surface area (Å²) in [6.07, 6.45) is 8.36. The van der Waals surface area contributed by atoms with Gasteiger partial charge in [-0.05, 0) is 0 Å². The predicted octanol–water partition coefficient (Wildman–Crippen LogP) is 0.551. The fourth-order valence-corrected chi connectivity index (χ4v) is 1.71. The average Bonchev–Trinajstić information content (AvgIpc) is 2.41. The molecular weight excluding hydrogens is 210 g/mol. The zero-order chi connectivity index (χ0) is 11.8. The zero-order valence-corrected chi connectivity index (χ0v) is 10.00. The molecule has 0 aliphatic rings. The molecule has 0 atom stereocenters. The van der Waals surface area contributed by atoms with Gasteiger partial charge in [0.15, 0.2) is 37.9 Å². The summed E-state index contributed by atoms with van der Waals surface area (Å²) in [6, 6.07) is 12.3. The Morgan fingerprint density at radius 2 is 1.00 bits per heavy atom. The highest BCUT2D eigenvalue weighted by atomic mass is 15.0. The minimum atomic E-state index is 1.00. The van der Waals surface area contributed by atoms with Gasteiger partial charge < -0.3 is 5.32 Å². The van der Waals surface area contributed by atoms with Gasteiger partial charge in [-0.25, -0.2) is 9.13 Å². The van der Waals surface area contributed by atoms with Crippen LogP contribution in [0.3, 0.4) is 0 Å². The van der Waals surface area contributed by atoms with Crippen molar-refractivity contribution >= 4 is 0 Å². The second-order valence-corrected chi connectivity index (χ2v) is 3.98. The SMILES string of the molecule is c1cc[n+](CCNCC[n+]2ccccc2)cc1. The monoisotopic (exact) mass is 229 g/mol. The maximum absolute atomic E-state index is 3.44. The molecule has 88 valence electrons. The molecule has 0 aromatic carbocycles. The molecule has 0 fully saturated rings. The van der Waals surface area contributed by atoms with E-state index in [1.54, 1.807) is 0 Å². The minimum Gasteiger partial charge on any atom is -0.305 e. The van der Waals surface area contributed by atoms with Crippen LogP contribution in [0, 0.1) is 0 Å². The van der Waals surface area contributed by atoms with Crippen molar-refractivity contribution in [2.24, 2.45) is 0 Å². The van der Waals surface area contributed by atoms with Gasteiger partial charge in [-0.1, -0.05) is 12.1 Å². The van der Waals surface area contributed by atoms with Crippen LogP contribution in [0.4, 0.5) is 0 Å². The summed E-state index contributed by atoms with van der Waals surface area (Å²) in [7, 11) is 0. The lowest BCUT2D eigenvalue weighted by atomic mass is 10.4. The molecule has 2 aromatic heterocycles. The van der Waals surface area contributed by atoms with E-state index in [2.05, 4.69) is 63.5 Å². The van der Waals surface area contributed by atoms with Crippen LogP contribution in [0.15, 0.2) is 61.2 Å². The third kappa shape index (κ3) is 4.33. The fourth-order valence-electron chi connectivity index (χ4n) is 1.71. The Hall–Kier alpha value is -1.74. The van der Waals surface area contributed by atoms with Gasteiger partial charge in [-0.15, -0.1) is 0 Å². The standard InChI is InChI=1S/C14H19N3/c1-3-9-16(10-4-1)13-7-15-8-14-17-11-5-2-6-12-17/h1-6,9-12,15H,7-8,13-14H2/q+2. The van der Waals surface area contributed by atoms with E-state index in [1.807, 2.05) is 12.1 Å². The van der Waals surface area contributed by atoms with E-state index in [9.17, 15) is 0 Å². The van der Waals surface area contributed by atoms with E-state index in [4.69, 9.17) is 0 Å². The third-order valence-electron chi connectivity index (χ3n) is 2.65. The van der Waals surface area contributed by atoms with E-state index in [0.29, 0.717) is 0 Å². The van der Waals surface area contributed by atoms with E-state index in [1.165, 1.54) is 0 Å². The molecule has 2 rings (SSSR count). The molecule has 3 heteroatoms. The van der Waals surface area contributed by atoms with Crippen molar-refractivity contribution in [2.45, 2.75) is 13.1 Å². The van der Waals surface area contributed by atoms with Crippen molar-refractivity contribution in [2.75, 3.05) is 13.1 Å². The van der Waals surface area contributed by atoms with Crippen molar-refractivity contribution in [3.05, 3.63) is 61.2 Å². The lowest BCUT2D eigenvalue weighted by Gasteiger charge is -2.00. The lowest BCUT2D eigenvalue weighted by Crippen LogP contribution is -2.42. The Morgan fingerprint density at radius 1 is 0.588 bits per heavy atom. The second kappa shape index (κ2) is 6.76. The first-order valence-corrected chi connectivity index (χ1v) is 6.04. The molecule has 3 nitrogen and oxygen atoms in total. The topological polar surface area (TPSA) is 19.8 Å². The first kappa shape index (κ1) is 11.7. The Kier molecular flexibility index (Phi) is 4.67. The molecule has 0 spiro atoms. The van der Waals surface area contributed by atoms with Crippen LogP contribution in [-0.2, 0) is 13.1 Å². The van der Waals surface area contributed by atoms with Crippen LogP contribution in [0.25, 0.3) is 0 Å². The Bertz CT molecular complexity index is 372. The number of rotatable bonds is 6. The zero-order valence-electron chi connectivity index (χ0n) is 10.00. The molecular formula is C14H19N3+2. The van der Waals surface area contributed by atoms with E-state index in [0.717, 1.165) is 26.2 Å². The van der Waals surface area contributed by atoms with Gasteiger partial charge in [0.2, 0.25) is 0 Å². The summed E-state index contributed by atoms with van der Waals surface area (Å²) < 4.78 is 4.37. The van der Waals surface area contributed by atoms with Crippen LogP contribution in [0.5, 0.6) is 0 Å². The molecule has 0 amide bonds. The molecule has 17 heavy (non-hydrogen) atoms. The lowest BCUT2D eigenvalue weighted by molar-refractivity contribution is -0.698. The van der Waals surface area contributed by atoms with Crippen molar-refractivity contribution in [1.82, 2.24) is 5.32 Å². The summed E-state index contributed by atoms with van der Waals surface area (Å²) in [6.45, 7) is 4.03. The molecule has 2 aromatic rings. The van der Waals surface area contributed by atoms with Crippen LogP contribution in [0.2, 0.25) is 0 Å². The number of nitrogens with one attached hydrogen (secondary N) is 1. The molecule has 0 aliphatic heterocycles. The highest BCUT2D eigenvalue weighted by molar-refractivity contribution is 4.84. The highest BCUT2D eigenvalue weighted by Gasteiger charge is 1.99. The molecule has 0 saturated heterocycles. The quantitative estimate of drug-likeness (QED) is 0.566. The van der Waals surface area contributed by atoms with Gasteiger partial charge in [0.05, 0.1) is 13.1 Å². The smallest absolute Gasteiger partial charge is 0.168 e.